The fourth-order valence-corrected chi connectivity index (χ4v) is 3.27. The largest absolute Gasteiger partial charge is 0.249 e. The van der Waals surface area contributed by atoms with Crippen LogP contribution < -0.4 is 5.14 Å². The van der Waals surface area contributed by atoms with Crippen molar-refractivity contribution in [1.29, 1.82) is 0 Å². The van der Waals surface area contributed by atoms with Crippen molar-refractivity contribution in [3.05, 3.63) is 35.1 Å². The first-order chi connectivity index (χ1) is 10.3. The number of aryl methyl sites for hydroxylation is 2. The minimum Gasteiger partial charge on any atom is -0.249 e. The maximum atomic E-state index is 11.6. The molecule has 0 aliphatic heterocycles. The number of nitrogens with two attached hydrogens (primary N) is 1. The van der Waals surface area contributed by atoms with E-state index >= 15 is 0 Å². The number of fused-ring (bicyclic) bond motifs is 1. The Morgan fingerprint density at radius 2 is 2.05 bits per heavy atom. The van der Waals surface area contributed by atoms with E-state index in [4.69, 9.17) is 16.7 Å². The third-order valence-electron chi connectivity index (χ3n) is 3.24. The van der Waals surface area contributed by atoms with E-state index in [0.717, 1.165) is 5.69 Å². The summed E-state index contributed by atoms with van der Waals surface area (Å²) in [6.45, 7) is 1.85. The standard InChI is InChI=1S/C13H12ClN5O2S/c1-7-12-13(19(2)18-7)17-10(6-16-12)8-3-4-9(14)11(5-8)22(15,20)21/h3-6H,1-2H3,(H2,15,20,21). The third-order valence-corrected chi connectivity index (χ3v) is 4.63. The molecule has 22 heavy (non-hydrogen) atoms. The van der Waals surface area contributed by atoms with Gasteiger partial charge in [-0.05, 0) is 19.1 Å². The first-order valence-corrected chi connectivity index (χ1v) is 8.19. The van der Waals surface area contributed by atoms with Crippen molar-refractivity contribution >= 4 is 32.8 Å². The zero-order valence-electron chi connectivity index (χ0n) is 11.8. The van der Waals surface area contributed by atoms with Crippen LogP contribution in [-0.4, -0.2) is 28.2 Å². The highest BCUT2D eigenvalue weighted by Gasteiger charge is 2.16. The lowest BCUT2D eigenvalue weighted by atomic mass is 10.1. The molecular formula is C13H12ClN5O2S. The molecule has 0 aliphatic carbocycles. The van der Waals surface area contributed by atoms with Crippen molar-refractivity contribution in [3.63, 3.8) is 0 Å². The molecule has 0 radical (unpaired) electrons. The normalized spacial score (nSPS) is 12.0. The van der Waals surface area contributed by atoms with Crippen molar-refractivity contribution in [1.82, 2.24) is 19.7 Å². The number of rotatable bonds is 2. The van der Waals surface area contributed by atoms with Gasteiger partial charge in [0.2, 0.25) is 10.0 Å². The highest BCUT2D eigenvalue weighted by molar-refractivity contribution is 7.89. The van der Waals surface area contributed by atoms with Gasteiger partial charge in [-0.25, -0.2) is 28.2 Å². The van der Waals surface area contributed by atoms with Gasteiger partial charge in [0, 0.05) is 12.6 Å². The van der Waals surface area contributed by atoms with E-state index in [1.54, 1.807) is 24.0 Å². The van der Waals surface area contributed by atoms with E-state index in [0.29, 0.717) is 22.4 Å². The summed E-state index contributed by atoms with van der Waals surface area (Å²) in [5.74, 6) is 0. The Labute approximate surface area is 131 Å². The maximum absolute atomic E-state index is 11.6. The Hall–Kier alpha value is -2.03. The van der Waals surface area contributed by atoms with Crippen molar-refractivity contribution in [2.45, 2.75) is 11.8 Å². The predicted molar refractivity (Wildman–Crippen MR) is 82.9 cm³/mol. The number of aromatic nitrogens is 4. The van der Waals surface area contributed by atoms with Crippen molar-refractivity contribution in [3.8, 4) is 11.3 Å². The molecular weight excluding hydrogens is 326 g/mol. The second-order valence-electron chi connectivity index (χ2n) is 4.83. The second kappa shape index (κ2) is 5.01. The summed E-state index contributed by atoms with van der Waals surface area (Å²) < 4.78 is 24.7. The van der Waals surface area contributed by atoms with Crippen LogP contribution in [0.1, 0.15) is 5.69 Å². The summed E-state index contributed by atoms with van der Waals surface area (Å²) in [4.78, 5) is 8.67. The third kappa shape index (κ3) is 2.45. The van der Waals surface area contributed by atoms with Gasteiger partial charge in [-0.15, -0.1) is 0 Å². The molecule has 9 heteroatoms. The second-order valence-corrected chi connectivity index (χ2v) is 6.76. The monoisotopic (exact) mass is 337 g/mol. The maximum Gasteiger partial charge on any atom is 0.239 e. The summed E-state index contributed by atoms with van der Waals surface area (Å²) in [5.41, 5.74) is 3.16. The molecule has 0 fully saturated rings. The van der Waals surface area contributed by atoms with Gasteiger partial charge in [0.05, 0.1) is 22.6 Å². The van der Waals surface area contributed by atoms with Crippen molar-refractivity contribution in [2.24, 2.45) is 12.2 Å². The van der Waals surface area contributed by atoms with Crippen LogP contribution in [0.15, 0.2) is 29.3 Å². The molecule has 2 N–H and O–H groups in total. The van der Waals surface area contributed by atoms with E-state index in [1.807, 2.05) is 6.92 Å². The van der Waals surface area contributed by atoms with E-state index in [2.05, 4.69) is 15.1 Å². The summed E-state index contributed by atoms with van der Waals surface area (Å²) in [7, 11) is -2.14. The SMILES string of the molecule is Cc1nn(C)c2nc(-c3ccc(Cl)c(S(N)(=O)=O)c3)cnc12. The van der Waals surface area contributed by atoms with Gasteiger partial charge < -0.3 is 0 Å². The zero-order chi connectivity index (χ0) is 16.1. The molecule has 0 aliphatic rings. The summed E-state index contributed by atoms with van der Waals surface area (Å²) in [6, 6.07) is 4.52. The average molecular weight is 338 g/mol. The van der Waals surface area contributed by atoms with Gasteiger partial charge in [-0.1, -0.05) is 17.7 Å². The molecule has 3 rings (SSSR count). The molecule has 0 bridgehead atoms. The van der Waals surface area contributed by atoms with Gasteiger partial charge in [0.1, 0.15) is 10.4 Å². The molecule has 0 spiro atoms. The number of primary sulfonamides is 1. The van der Waals surface area contributed by atoms with Gasteiger partial charge in [0.15, 0.2) is 5.65 Å². The number of sulfonamides is 1. The lowest BCUT2D eigenvalue weighted by molar-refractivity contribution is 0.598. The first-order valence-electron chi connectivity index (χ1n) is 6.26. The Morgan fingerprint density at radius 1 is 1.32 bits per heavy atom. The molecule has 0 amide bonds. The van der Waals surface area contributed by atoms with Crippen LogP contribution in [0.4, 0.5) is 0 Å². The Balaban J connectivity index is 2.22. The fourth-order valence-electron chi connectivity index (χ4n) is 2.20. The number of nitrogens with zero attached hydrogens (tertiary/aromatic N) is 4. The minimum atomic E-state index is -3.91. The quantitative estimate of drug-likeness (QED) is 0.765. The lowest BCUT2D eigenvalue weighted by Gasteiger charge is -2.06. The van der Waals surface area contributed by atoms with Crippen LogP contribution in [-0.2, 0) is 17.1 Å². The summed E-state index contributed by atoms with van der Waals surface area (Å²) in [6.07, 6.45) is 1.56. The fraction of sp³-hybridized carbons (Fsp3) is 0.154. The highest BCUT2D eigenvalue weighted by atomic mass is 35.5. The van der Waals surface area contributed by atoms with Crippen molar-refractivity contribution in [2.75, 3.05) is 0 Å². The molecule has 0 saturated heterocycles. The molecule has 0 unspecified atom stereocenters. The predicted octanol–water partition coefficient (Wildman–Crippen LogP) is 1.64. The Bertz CT molecular complexity index is 997. The molecule has 114 valence electrons. The molecule has 7 nitrogen and oxygen atoms in total. The van der Waals surface area contributed by atoms with Gasteiger partial charge in [-0.2, -0.15) is 5.10 Å². The number of benzene rings is 1. The minimum absolute atomic E-state index is 0.0664. The molecule has 3 aromatic rings. The zero-order valence-corrected chi connectivity index (χ0v) is 13.4. The van der Waals surface area contributed by atoms with E-state index < -0.39 is 10.0 Å². The smallest absolute Gasteiger partial charge is 0.239 e. The molecule has 0 saturated carbocycles. The van der Waals surface area contributed by atoms with E-state index in [9.17, 15) is 8.42 Å². The first kappa shape index (κ1) is 14.9. The topological polar surface area (TPSA) is 104 Å². The summed E-state index contributed by atoms with van der Waals surface area (Å²) >= 11 is 5.88. The van der Waals surface area contributed by atoms with Crippen LogP contribution in [0.25, 0.3) is 22.4 Å². The Morgan fingerprint density at radius 3 is 2.73 bits per heavy atom. The van der Waals surface area contributed by atoms with Crippen LogP contribution in [0.3, 0.4) is 0 Å². The molecule has 2 aromatic heterocycles. The van der Waals surface area contributed by atoms with Crippen molar-refractivity contribution < 1.29 is 8.42 Å². The van der Waals surface area contributed by atoms with Gasteiger partial charge >= 0.3 is 0 Å². The Kier molecular flexibility index (Phi) is 3.39. The molecule has 0 atom stereocenters. The lowest BCUT2D eigenvalue weighted by Crippen LogP contribution is -2.12. The van der Waals surface area contributed by atoms with Crippen LogP contribution in [0.5, 0.6) is 0 Å². The highest BCUT2D eigenvalue weighted by Crippen LogP contribution is 2.27. The van der Waals surface area contributed by atoms with E-state index in [1.165, 1.54) is 12.1 Å². The molecule has 1 aromatic carbocycles. The van der Waals surface area contributed by atoms with Gasteiger partial charge in [-0.3, -0.25) is 0 Å². The van der Waals surface area contributed by atoms with Gasteiger partial charge in [0.25, 0.3) is 0 Å². The number of hydrogen-bond acceptors (Lipinski definition) is 5. The van der Waals surface area contributed by atoms with Crippen LogP contribution >= 0.6 is 11.6 Å². The number of halogens is 1. The van der Waals surface area contributed by atoms with E-state index in [-0.39, 0.29) is 9.92 Å². The molecule has 2 heterocycles. The average Bonchev–Trinajstić information content (AvgIpc) is 2.73. The van der Waals surface area contributed by atoms with Crippen LogP contribution in [0, 0.1) is 6.92 Å². The summed E-state index contributed by atoms with van der Waals surface area (Å²) in [5, 5.41) is 9.48. The number of hydrogen-bond donors (Lipinski definition) is 1. The van der Waals surface area contributed by atoms with Crippen LogP contribution in [0.2, 0.25) is 5.02 Å².